The van der Waals surface area contributed by atoms with Crippen molar-refractivity contribution in [1.82, 2.24) is 0 Å². The van der Waals surface area contributed by atoms with Crippen molar-refractivity contribution in [3.8, 4) is 0 Å². The van der Waals surface area contributed by atoms with Crippen LogP contribution in [0.1, 0.15) is 26.2 Å². The predicted molar refractivity (Wildman–Crippen MR) is 42.5 cm³/mol. The number of carbonyl (C=O) groups is 2. The number of ether oxygens (including phenoxy) is 2. The van der Waals surface area contributed by atoms with Crippen LogP contribution in [-0.2, 0) is 19.1 Å². The van der Waals surface area contributed by atoms with E-state index in [4.69, 9.17) is 9.47 Å². The van der Waals surface area contributed by atoms with Crippen molar-refractivity contribution >= 4 is 11.9 Å². The molecule has 0 unspecified atom stereocenters. The molecule has 1 aliphatic carbocycles. The Morgan fingerprint density at radius 1 is 1.23 bits per heavy atom. The van der Waals surface area contributed by atoms with Crippen LogP contribution in [0.2, 0.25) is 0 Å². The van der Waals surface area contributed by atoms with E-state index in [0.717, 1.165) is 6.42 Å². The maximum Gasteiger partial charge on any atom is 0.348 e. The van der Waals surface area contributed by atoms with Gasteiger partial charge in [0.15, 0.2) is 0 Å². The van der Waals surface area contributed by atoms with Crippen molar-refractivity contribution in [2.75, 3.05) is 0 Å². The van der Waals surface area contributed by atoms with Gasteiger partial charge in [-0.15, -0.1) is 0 Å². The molecule has 70 valence electrons. The fraction of sp³-hybridized carbons (Fsp3) is 0.556. The summed E-state index contributed by atoms with van der Waals surface area (Å²) in [5, 5.41) is 0. The number of allylic oxidation sites excluding steroid dienone is 1. The van der Waals surface area contributed by atoms with Crippen molar-refractivity contribution < 1.29 is 19.1 Å². The third-order valence-corrected chi connectivity index (χ3v) is 2.40. The summed E-state index contributed by atoms with van der Waals surface area (Å²) in [7, 11) is 0. The van der Waals surface area contributed by atoms with Crippen LogP contribution in [0.4, 0.5) is 0 Å². The molecule has 0 atom stereocenters. The van der Waals surface area contributed by atoms with E-state index >= 15 is 0 Å². The summed E-state index contributed by atoms with van der Waals surface area (Å²) in [6, 6.07) is 0. The van der Waals surface area contributed by atoms with Crippen LogP contribution in [-0.4, -0.2) is 17.7 Å². The molecule has 13 heavy (non-hydrogen) atoms. The van der Waals surface area contributed by atoms with Crippen LogP contribution >= 0.6 is 0 Å². The van der Waals surface area contributed by atoms with Gasteiger partial charge in [-0.3, -0.25) is 0 Å². The van der Waals surface area contributed by atoms with Gasteiger partial charge in [-0.1, -0.05) is 6.08 Å². The Bertz CT molecular complexity index is 277. The smallest absolute Gasteiger partial charge is 0.348 e. The van der Waals surface area contributed by atoms with E-state index in [2.05, 4.69) is 0 Å². The molecule has 0 aromatic carbocycles. The molecule has 2 fully saturated rings. The average molecular weight is 182 g/mol. The van der Waals surface area contributed by atoms with E-state index < -0.39 is 17.7 Å². The van der Waals surface area contributed by atoms with Crippen LogP contribution in [0.25, 0.3) is 0 Å². The SMILES string of the molecule is CC=C1C(=O)OC2(CCC2)OC1=O. The van der Waals surface area contributed by atoms with Gasteiger partial charge < -0.3 is 9.47 Å². The van der Waals surface area contributed by atoms with Crippen molar-refractivity contribution in [3.63, 3.8) is 0 Å². The minimum absolute atomic E-state index is 0.00229. The van der Waals surface area contributed by atoms with Gasteiger partial charge in [-0.2, -0.15) is 0 Å². The van der Waals surface area contributed by atoms with E-state index in [1.165, 1.54) is 6.08 Å². The highest BCUT2D eigenvalue weighted by Crippen LogP contribution is 2.40. The molecule has 0 radical (unpaired) electrons. The summed E-state index contributed by atoms with van der Waals surface area (Å²) in [5.41, 5.74) is -0.00229. The summed E-state index contributed by atoms with van der Waals surface area (Å²) in [5.74, 6) is -2.03. The van der Waals surface area contributed by atoms with E-state index in [0.29, 0.717) is 12.8 Å². The van der Waals surface area contributed by atoms with Gasteiger partial charge in [-0.25, -0.2) is 9.59 Å². The van der Waals surface area contributed by atoms with Gasteiger partial charge in [0.05, 0.1) is 0 Å². The summed E-state index contributed by atoms with van der Waals surface area (Å²) in [6.45, 7) is 1.61. The Balaban J connectivity index is 2.22. The monoisotopic (exact) mass is 182 g/mol. The standard InChI is InChI=1S/C9H10O4/c1-2-6-7(10)12-9(4-3-5-9)13-8(6)11/h2H,3-5H2,1H3. The molecule has 1 saturated carbocycles. The third-order valence-electron chi connectivity index (χ3n) is 2.40. The Morgan fingerprint density at radius 2 is 1.77 bits per heavy atom. The predicted octanol–water partition coefficient (Wildman–Crippen LogP) is 0.913. The maximum atomic E-state index is 11.3. The first-order chi connectivity index (χ1) is 6.17. The van der Waals surface area contributed by atoms with Crippen LogP contribution in [0.5, 0.6) is 0 Å². The first-order valence-electron chi connectivity index (χ1n) is 4.30. The van der Waals surface area contributed by atoms with Gasteiger partial charge >= 0.3 is 11.9 Å². The second-order valence-electron chi connectivity index (χ2n) is 3.25. The van der Waals surface area contributed by atoms with Crippen molar-refractivity contribution in [2.45, 2.75) is 32.0 Å². The largest absolute Gasteiger partial charge is 0.419 e. The minimum atomic E-state index is -0.916. The minimum Gasteiger partial charge on any atom is -0.419 e. The molecule has 2 aliphatic rings. The topological polar surface area (TPSA) is 52.6 Å². The molecule has 0 bridgehead atoms. The van der Waals surface area contributed by atoms with Gasteiger partial charge in [0.1, 0.15) is 5.57 Å². The summed E-state index contributed by atoms with van der Waals surface area (Å²) < 4.78 is 10.1. The Hall–Kier alpha value is -1.32. The first-order valence-corrected chi connectivity index (χ1v) is 4.30. The highest BCUT2D eigenvalue weighted by molar-refractivity contribution is 6.15. The van der Waals surface area contributed by atoms with E-state index in [1.807, 2.05) is 0 Å². The first kappa shape index (κ1) is 8.29. The van der Waals surface area contributed by atoms with Crippen LogP contribution in [0.15, 0.2) is 11.6 Å². The number of rotatable bonds is 0. The lowest BCUT2D eigenvalue weighted by Crippen LogP contribution is -2.51. The molecule has 0 N–H and O–H groups in total. The van der Waals surface area contributed by atoms with Gasteiger partial charge in [0.2, 0.25) is 0 Å². The summed E-state index contributed by atoms with van der Waals surface area (Å²) in [6.07, 6.45) is 3.60. The molecular weight excluding hydrogens is 172 g/mol. The Labute approximate surface area is 75.5 Å². The fourth-order valence-electron chi connectivity index (χ4n) is 1.46. The van der Waals surface area contributed by atoms with Crippen molar-refractivity contribution in [2.24, 2.45) is 0 Å². The molecule has 4 heteroatoms. The summed E-state index contributed by atoms with van der Waals surface area (Å²) in [4.78, 5) is 22.5. The second-order valence-corrected chi connectivity index (χ2v) is 3.25. The van der Waals surface area contributed by atoms with Crippen molar-refractivity contribution in [1.29, 1.82) is 0 Å². The molecule has 4 nitrogen and oxygen atoms in total. The Morgan fingerprint density at radius 3 is 2.08 bits per heavy atom. The quantitative estimate of drug-likeness (QED) is 0.317. The highest BCUT2D eigenvalue weighted by Gasteiger charge is 2.50. The number of esters is 2. The molecule has 0 aromatic rings. The zero-order chi connectivity index (χ0) is 9.47. The Kier molecular flexibility index (Phi) is 1.65. The molecule has 0 amide bonds. The van der Waals surface area contributed by atoms with Crippen LogP contribution in [0.3, 0.4) is 0 Å². The normalized spacial score (nSPS) is 24.8. The van der Waals surface area contributed by atoms with Gasteiger partial charge in [0.25, 0.3) is 5.79 Å². The van der Waals surface area contributed by atoms with Crippen LogP contribution < -0.4 is 0 Å². The summed E-state index contributed by atoms with van der Waals surface area (Å²) >= 11 is 0. The lowest BCUT2D eigenvalue weighted by Gasteiger charge is -2.42. The molecule has 1 spiro atoms. The molecule has 2 rings (SSSR count). The third kappa shape index (κ3) is 1.13. The van der Waals surface area contributed by atoms with E-state index in [9.17, 15) is 9.59 Å². The van der Waals surface area contributed by atoms with E-state index in [1.54, 1.807) is 6.92 Å². The maximum absolute atomic E-state index is 11.3. The zero-order valence-electron chi connectivity index (χ0n) is 7.33. The second kappa shape index (κ2) is 2.58. The fourth-order valence-corrected chi connectivity index (χ4v) is 1.46. The lowest BCUT2D eigenvalue weighted by molar-refractivity contribution is -0.261. The number of carbonyl (C=O) groups excluding carboxylic acids is 2. The number of hydrogen-bond donors (Lipinski definition) is 0. The van der Waals surface area contributed by atoms with Crippen molar-refractivity contribution in [3.05, 3.63) is 11.6 Å². The van der Waals surface area contributed by atoms with E-state index in [-0.39, 0.29) is 5.57 Å². The molecule has 0 aromatic heterocycles. The molecule has 1 saturated heterocycles. The van der Waals surface area contributed by atoms with Gasteiger partial charge in [0, 0.05) is 12.8 Å². The zero-order valence-corrected chi connectivity index (χ0v) is 7.33. The molecule has 1 heterocycles. The lowest BCUT2D eigenvalue weighted by atomic mass is 9.90. The van der Waals surface area contributed by atoms with Crippen LogP contribution in [0, 0.1) is 0 Å². The number of hydrogen-bond acceptors (Lipinski definition) is 4. The van der Waals surface area contributed by atoms with Gasteiger partial charge in [-0.05, 0) is 13.3 Å². The highest BCUT2D eigenvalue weighted by atomic mass is 16.7. The molecule has 1 aliphatic heterocycles. The molecular formula is C9H10O4. The average Bonchev–Trinajstić information content (AvgIpc) is 2.01.